The third-order valence-corrected chi connectivity index (χ3v) is 4.03. The molecule has 0 bridgehead atoms. The molecule has 0 fully saturated rings. The molecule has 0 aliphatic heterocycles. The molecule has 0 unspecified atom stereocenters. The average Bonchev–Trinajstić information content (AvgIpc) is 3.02. The van der Waals surface area contributed by atoms with Crippen molar-refractivity contribution in [2.75, 3.05) is 6.54 Å². The first kappa shape index (κ1) is 17.0. The van der Waals surface area contributed by atoms with Gasteiger partial charge in [-0.1, -0.05) is 35.9 Å². The highest BCUT2D eigenvalue weighted by atomic mass is 15.2. The minimum atomic E-state index is 0.640. The monoisotopic (exact) mass is 335 g/mol. The van der Waals surface area contributed by atoms with Gasteiger partial charge in [-0.05, 0) is 38.5 Å². The van der Waals surface area contributed by atoms with E-state index in [2.05, 4.69) is 82.3 Å². The van der Waals surface area contributed by atoms with Gasteiger partial charge in [0.25, 0.3) is 0 Å². The maximum Gasteiger partial charge on any atom is 0.191 e. The highest BCUT2D eigenvalue weighted by molar-refractivity contribution is 5.79. The maximum absolute atomic E-state index is 4.67. The Bertz CT molecular complexity index is 879. The normalized spacial score (nSPS) is 11.7. The van der Waals surface area contributed by atoms with E-state index < -0.39 is 0 Å². The van der Waals surface area contributed by atoms with Gasteiger partial charge in [-0.3, -0.25) is 0 Å². The first-order valence-corrected chi connectivity index (χ1v) is 8.67. The summed E-state index contributed by atoms with van der Waals surface area (Å²) in [4.78, 5) is 9.32. The average molecular weight is 335 g/mol. The minimum absolute atomic E-state index is 0.640. The zero-order valence-corrected chi connectivity index (χ0v) is 15.1. The van der Waals surface area contributed by atoms with E-state index in [-0.39, 0.29) is 0 Å². The topological polar surface area (TPSA) is 53.7 Å². The number of hydrogen-bond acceptors (Lipinski definition) is 2. The standard InChI is InChI=1S/C20H25N5/c1-4-21-20(22-12-17-9-5-7-15(2)11-17)23-13-18-14-25-16(3)8-6-10-19(25)24-18/h5-11,14H,4,12-13H2,1-3H3,(H2,21,22,23). The number of aromatic nitrogens is 2. The van der Waals surface area contributed by atoms with Gasteiger partial charge in [-0.25, -0.2) is 9.98 Å². The number of nitrogens with one attached hydrogen (secondary N) is 2. The number of hydrogen-bond donors (Lipinski definition) is 2. The van der Waals surface area contributed by atoms with Gasteiger partial charge in [-0.15, -0.1) is 0 Å². The van der Waals surface area contributed by atoms with Crippen LogP contribution in [-0.4, -0.2) is 21.9 Å². The number of nitrogens with zero attached hydrogens (tertiary/aromatic N) is 3. The molecule has 0 aliphatic carbocycles. The van der Waals surface area contributed by atoms with E-state index in [9.17, 15) is 0 Å². The lowest BCUT2D eigenvalue weighted by molar-refractivity contribution is 0.804. The summed E-state index contributed by atoms with van der Waals surface area (Å²) in [7, 11) is 0. The SMILES string of the molecule is CCNC(=NCc1cccc(C)c1)NCc1cn2c(C)cccc2n1. The van der Waals surface area contributed by atoms with E-state index in [0.29, 0.717) is 13.1 Å². The number of rotatable bonds is 5. The van der Waals surface area contributed by atoms with Crippen molar-refractivity contribution in [1.82, 2.24) is 20.0 Å². The molecule has 130 valence electrons. The van der Waals surface area contributed by atoms with Gasteiger partial charge in [-0.2, -0.15) is 0 Å². The van der Waals surface area contributed by atoms with Crippen LogP contribution >= 0.6 is 0 Å². The third kappa shape index (κ3) is 4.38. The van der Waals surface area contributed by atoms with E-state index in [1.54, 1.807) is 0 Å². The highest BCUT2D eigenvalue weighted by Crippen LogP contribution is 2.08. The summed E-state index contributed by atoms with van der Waals surface area (Å²) in [6.45, 7) is 8.37. The molecule has 0 atom stereocenters. The molecule has 0 saturated heterocycles. The van der Waals surface area contributed by atoms with E-state index in [1.807, 2.05) is 12.1 Å². The van der Waals surface area contributed by atoms with Crippen LogP contribution in [0.4, 0.5) is 0 Å². The lowest BCUT2D eigenvalue weighted by Crippen LogP contribution is -2.36. The number of pyridine rings is 1. The molecule has 5 heteroatoms. The van der Waals surface area contributed by atoms with Crippen LogP contribution in [0.3, 0.4) is 0 Å². The van der Waals surface area contributed by atoms with Gasteiger partial charge < -0.3 is 15.0 Å². The Hall–Kier alpha value is -2.82. The lowest BCUT2D eigenvalue weighted by atomic mass is 10.1. The van der Waals surface area contributed by atoms with Gasteiger partial charge in [0.1, 0.15) is 5.65 Å². The van der Waals surface area contributed by atoms with Crippen molar-refractivity contribution in [2.24, 2.45) is 4.99 Å². The van der Waals surface area contributed by atoms with Crippen LogP contribution in [0.5, 0.6) is 0 Å². The fraction of sp³-hybridized carbons (Fsp3) is 0.300. The van der Waals surface area contributed by atoms with Crippen molar-refractivity contribution >= 4 is 11.6 Å². The van der Waals surface area contributed by atoms with E-state index >= 15 is 0 Å². The smallest absolute Gasteiger partial charge is 0.191 e. The molecule has 0 saturated carbocycles. The van der Waals surface area contributed by atoms with Crippen LogP contribution in [0.2, 0.25) is 0 Å². The van der Waals surface area contributed by atoms with Crippen molar-refractivity contribution < 1.29 is 0 Å². The molecule has 2 heterocycles. The first-order chi connectivity index (χ1) is 12.2. The number of fused-ring (bicyclic) bond motifs is 1. The Kier molecular flexibility index (Phi) is 5.33. The van der Waals surface area contributed by atoms with Crippen LogP contribution in [0.1, 0.15) is 29.4 Å². The van der Waals surface area contributed by atoms with Crippen molar-refractivity contribution in [1.29, 1.82) is 0 Å². The fourth-order valence-corrected chi connectivity index (χ4v) is 2.78. The second kappa shape index (κ2) is 7.83. The van der Waals surface area contributed by atoms with Crippen LogP contribution in [0.25, 0.3) is 5.65 Å². The second-order valence-electron chi connectivity index (χ2n) is 6.17. The van der Waals surface area contributed by atoms with Crippen molar-refractivity contribution in [2.45, 2.75) is 33.9 Å². The van der Waals surface area contributed by atoms with Gasteiger partial charge in [0.2, 0.25) is 0 Å². The maximum atomic E-state index is 4.67. The summed E-state index contributed by atoms with van der Waals surface area (Å²) < 4.78 is 2.10. The van der Waals surface area contributed by atoms with Gasteiger partial charge in [0.05, 0.1) is 18.8 Å². The number of aryl methyl sites for hydroxylation is 2. The summed E-state index contributed by atoms with van der Waals surface area (Å²) >= 11 is 0. The molecule has 3 rings (SSSR count). The zero-order chi connectivity index (χ0) is 17.6. The predicted molar refractivity (Wildman–Crippen MR) is 103 cm³/mol. The molecule has 0 spiro atoms. The molecule has 1 aromatic carbocycles. The molecule has 25 heavy (non-hydrogen) atoms. The molecular weight excluding hydrogens is 310 g/mol. The zero-order valence-electron chi connectivity index (χ0n) is 15.1. The van der Waals surface area contributed by atoms with Crippen molar-refractivity contribution in [3.8, 4) is 0 Å². The van der Waals surface area contributed by atoms with Crippen molar-refractivity contribution in [3.63, 3.8) is 0 Å². The predicted octanol–water partition coefficient (Wildman–Crippen LogP) is 3.21. The first-order valence-electron chi connectivity index (χ1n) is 8.67. The third-order valence-electron chi connectivity index (χ3n) is 4.03. The van der Waals surface area contributed by atoms with E-state index in [4.69, 9.17) is 0 Å². The second-order valence-corrected chi connectivity index (χ2v) is 6.17. The van der Waals surface area contributed by atoms with Crippen LogP contribution < -0.4 is 10.6 Å². The van der Waals surface area contributed by atoms with Crippen LogP contribution in [0, 0.1) is 13.8 Å². The number of aliphatic imine (C=N–C) groups is 1. The summed E-state index contributed by atoms with van der Waals surface area (Å²) in [5.41, 5.74) is 5.61. The quantitative estimate of drug-likeness (QED) is 0.556. The van der Waals surface area contributed by atoms with Gasteiger partial charge in [0.15, 0.2) is 5.96 Å². The number of imidazole rings is 1. The molecule has 0 radical (unpaired) electrons. The molecule has 5 nitrogen and oxygen atoms in total. The largest absolute Gasteiger partial charge is 0.357 e. The summed E-state index contributed by atoms with van der Waals surface area (Å²) in [6, 6.07) is 14.6. The minimum Gasteiger partial charge on any atom is -0.357 e. The lowest BCUT2D eigenvalue weighted by Gasteiger charge is -2.10. The Labute approximate surface area is 148 Å². The molecular formula is C20H25N5. The van der Waals surface area contributed by atoms with E-state index in [0.717, 1.165) is 23.8 Å². The Morgan fingerprint density at radius 1 is 1.12 bits per heavy atom. The number of benzene rings is 1. The molecule has 2 N–H and O–H groups in total. The summed E-state index contributed by atoms with van der Waals surface area (Å²) in [5.74, 6) is 0.804. The van der Waals surface area contributed by atoms with Crippen molar-refractivity contribution in [3.05, 3.63) is 71.2 Å². The van der Waals surface area contributed by atoms with Crippen LogP contribution in [0.15, 0.2) is 53.7 Å². The molecule has 0 amide bonds. The van der Waals surface area contributed by atoms with Gasteiger partial charge in [0, 0.05) is 18.4 Å². The summed E-state index contributed by atoms with van der Waals surface area (Å²) in [6.07, 6.45) is 2.07. The van der Waals surface area contributed by atoms with Crippen LogP contribution in [-0.2, 0) is 13.1 Å². The Morgan fingerprint density at radius 3 is 2.72 bits per heavy atom. The number of guanidine groups is 1. The van der Waals surface area contributed by atoms with E-state index in [1.165, 1.54) is 16.8 Å². The molecule has 3 aromatic rings. The Morgan fingerprint density at radius 2 is 1.96 bits per heavy atom. The Balaban J connectivity index is 1.68. The molecule has 0 aliphatic rings. The van der Waals surface area contributed by atoms with Gasteiger partial charge >= 0.3 is 0 Å². The summed E-state index contributed by atoms with van der Waals surface area (Å²) in [5, 5.41) is 6.65. The molecule has 2 aromatic heterocycles. The fourth-order valence-electron chi connectivity index (χ4n) is 2.78. The highest BCUT2D eigenvalue weighted by Gasteiger charge is 2.04.